The van der Waals surface area contributed by atoms with Crippen LogP contribution in [-0.4, -0.2) is 27.8 Å². The molecule has 1 aliphatic heterocycles. The van der Waals surface area contributed by atoms with E-state index in [1.165, 1.54) is 4.52 Å². The van der Waals surface area contributed by atoms with E-state index in [4.69, 9.17) is 4.74 Å². The van der Waals surface area contributed by atoms with Crippen molar-refractivity contribution in [3.63, 3.8) is 0 Å². The van der Waals surface area contributed by atoms with Gasteiger partial charge in [-0.25, -0.2) is 9.50 Å². The van der Waals surface area contributed by atoms with Gasteiger partial charge in [0.2, 0.25) is 0 Å². The summed E-state index contributed by atoms with van der Waals surface area (Å²) in [7, 11) is 0. The highest BCUT2D eigenvalue weighted by Gasteiger charge is 2.18. The fraction of sp³-hybridized carbons (Fsp3) is 0.455. The molecule has 1 N–H and O–H groups in total. The van der Waals surface area contributed by atoms with Crippen LogP contribution < -0.4 is 5.56 Å². The van der Waals surface area contributed by atoms with Crippen LogP contribution in [0.4, 0.5) is 0 Å². The maximum Gasteiger partial charge on any atom is 0.272 e. The van der Waals surface area contributed by atoms with Gasteiger partial charge in [0.15, 0.2) is 5.65 Å². The van der Waals surface area contributed by atoms with Gasteiger partial charge in [-0.2, -0.15) is 0 Å². The summed E-state index contributed by atoms with van der Waals surface area (Å²) in [6.07, 6.45) is 3.62. The summed E-state index contributed by atoms with van der Waals surface area (Å²) >= 11 is 0. The molecule has 1 saturated heterocycles. The van der Waals surface area contributed by atoms with Crippen LogP contribution in [0.5, 0.6) is 0 Å². The Morgan fingerprint density at radius 3 is 3.06 bits per heavy atom. The number of fused-ring (bicyclic) bond motifs is 1. The van der Waals surface area contributed by atoms with E-state index in [0.29, 0.717) is 11.6 Å². The van der Waals surface area contributed by atoms with E-state index in [1.807, 2.05) is 6.07 Å². The third kappa shape index (κ3) is 1.53. The molecule has 0 spiro atoms. The lowest BCUT2D eigenvalue weighted by molar-refractivity contribution is 0.0845. The van der Waals surface area contributed by atoms with Crippen molar-refractivity contribution in [2.24, 2.45) is 0 Å². The number of aromatic amines is 1. The number of hydrogen-bond acceptors (Lipinski definition) is 3. The zero-order chi connectivity index (χ0) is 11.0. The summed E-state index contributed by atoms with van der Waals surface area (Å²) in [5, 5.41) is 2.83. The second-order valence-electron chi connectivity index (χ2n) is 4.06. The van der Waals surface area contributed by atoms with Gasteiger partial charge < -0.3 is 4.74 Å². The second kappa shape index (κ2) is 3.75. The molecule has 2 aromatic heterocycles. The van der Waals surface area contributed by atoms with Crippen molar-refractivity contribution in [3.8, 4) is 0 Å². The molecule has 3 heterocycles. The van der Waals surface area contributed by atoms with Gasteiger partial charge in [-0.15, -0.1) is 0 Å². The van der Waals surface area contributed by atoms with Crippen LogP contribution in [0, 0.1) is 0 Å². The van der Waals surface area contributed by atoms with E-state index >= 15 is 0 Å². The molecule has 5 nitrogen and oxygen atoms in total. The van der Waals surface area contributed by atoms with Gasteiger partial charge in [-0.05, 0) is 12.8 Å². The average molecular weight is 219 g/mol. The molecule has 16 heavy (non-hydrogen) atoms. The molecule has 0 bridgehead atoms. The fourth-order valence-electron chi connectivity index (χ4n) is 2.15. The van der Waals surface area contributed by atoms with Crippen LogP contribution in [0.25, 0.3) is 5.65 Å². The zero-order valence-corrected chi connectivity index (χ0v) is 8.85. The summed E-state index contributed by atoms with van der Waals surface area (Å²) in [5.74, 6) is 0.362. The summed E-state index contributed by atoms with van der Waals surface area (Å²) in [6, 6.07) is 3.43. The Bertz CT molecular complexity index is 552. The maximum absolute atomic E-state index is 11.8. The standard InChI is InChI=1S/C11H13N3O2/c15-11-7-9(8-2-5-16-6-3-8)13-10-1-4-12-14(10)11/h1,4,7-8,12H,2-3,5-6H2. The molecular weight excluding hydrogens is 206 g/mol. The Hall–Kier alpha value is -1.62. The van der Waals surface area contributed by atoms with Crippen molar-refractivity contribution in [1.29, 1.82) is 0 Å². The minimum absolute atomic E-state index is 0.0449. The maximum atomic E-state index is 11.8. The predicted molar refractivity (Wildman–Crippen MR) is 58.6 cm³/mol. The van der Waals surface area contributed by atoms with Crippen molar-refractivity contribution in [3.05, 3.63) is 34.4 Å². The quantitative estimate of drug-likeness (QED) is 0.775. The number of ether oxygens (including phenoxy) is 1. The normalized spacial score (nSPS) is 18.0. The van der Waals surface area contributed by atoms with Gasteiger partial charge in [-0.1, -0.05) is 0 Å². The number of nitrogens with one attached hydrogen (secondary N) is 1. The number of H-pyrrole nitrogens is 1. The van der Waals surface area contributed by atoms with Crippen LogP contribution in [0.3, 0.4) is 0 Å². The first-order chi connectivity index (χ1) is 7.84. The largest absolute Gasteiger partial charge is 0.381 e. The van der Waals surface area contributed by atoms with E-state index in [9.17, 15) is 4.79 Å². The van der Waals surface area contributed by atoms with E-state index in [2.05, 4.69) is 10.1 Å². The highest BCUT2D eigenvalue weighted by atomic mass is 16.5. The molecule has 0 amide bonds. The van der Waals surface area contributed by atoms with E-state index in [1.54, 1.807) is 12.3 Å². The Kier molecular flexibility index (Phi) is 2.25. The molecule has 0 aliphatic carbocycles. The SMILES string of the molecule is O=c1cc(C2CCOCC2)nc2cc[nH]n12. The van der Waals surface area contributed by atoms with Crippen molar-refractivity contribution in [2.45, 2.75) is 18.8 Å². The van der Waals surface area contributed by atoms with Crippen molar-refractivity contribution >= 4 is 5.65 Å². The fourth-order valence-corrected chi connectivity index (χ4v) is 2.15. The number of nitrogens with zero attached hydrogens (tertiary/aromatic N) is 2. The summed E-state index contributed by atoms with van der Waals surface area (Å²) < 4.78 is 6.75. The van der Waals surface area contributed by atoms with Gasteiger partial charge in [0.25, 0.3) is 5.56 Å². The molecular formula is C11H13N3O2. The number of rotatable bonds is 1. The highest BCUT2D eigenvalue weighted by molar-refractivity contribution is 5.37. The molecule has 0 atom stereocenters. The Balaban J connectivity index is 2.06. The van der Waals surface area contributed by atoms with E-state index in [0.717, 1.165) is 31.7 Å². The molecule has 2 aromatic rings. The van der Waals surface area contributed by atoms with E-state index < -0.39 is 0 Å². The first kappa shape index (κ1) is 9.59. The molecule has 3 rings (SSSR count). The van der Waals surface area contributed by atoms with Crippen LogP contribution in [0.1, 0.15) is 24.5 Å². The minimum Gasteiger partial charge on any atom is -0.381 e. The van der Waals surface area contributed by atoms with Crippen LogP contribution in [0.15, 0.2) is 23.1 Å². The summed E-state index contributed by atoms with van der Waals surface area (Å²) in [4.78, 5) is 16.3. The third-order valence-corrected chi connectivity index (χ3v) is 3.04. The first-order valence-corrected chi connectivity index (χ1v) is 5.49. The average Bonchev–Trinajstić information content (AvgIpc) is 2.79. The lowest BCUT2D eigenvalue weighted by Gasteiger charge is -2.21. The monoisotopic (exact) mass is 219 g/mol. The van der Waals surface area contributed by atoms with E-state index in [-0.39, 0.29) is 5.56 Å². The van der Waals surface area contributed by atoms with Gasteiger partial charge in [-0.3, -0.25) is 9.89 Å². The predicted octanol–water partition coefficient (Wildman–Crippen LogP) is 0.917. The molecule has 5 heteroatoms. The molecule has 0 aromatic carbocycles. The Morgan fingerprint density at radius 1 is 1.44 bits per heavy atom. The van der Waals surface area contributed by atoms with Crippen molar-refractivity contribution in [2.75, 3.05) is 13.2 Å². The van der Waals surface area contributed by atoms with Crippen LogP contribution >= 0.6 is 0 Å². The summed E-state index contributed by atoms with van der Waals surface area (Å²) in [5.41, 5.74) is 1.54. The third-order valence-electron chi connectivity index (χ3n) is 3.04. The lowest BCUT2D eigenvalue weighted by atomic mass is 9.96. The smallest absolute Gasteiger partial charge is 0.272 e. The minimum atomic E-state index is -0.0449. The topological polar surface area (TPSA) is 59.4 Å². The van der Waals surface area contributed by atoms with Gasteiger partial charge in [0.1, 0.15) is 0 Å². The highest BCUT2D eigenvalue weighted by Crippen LogP contribution is 2.24. The van der Waals surface area contributed by atoms with Gasteiger partial charge in [0.05, 0.1) is 5.69 Å². The van der Waals surface area contributed by atoms with Crippen molar-refractivity contribution in [1.82, 2.24) is 14.6 Å². The summed E-state index contributed by atoms with van der Waals surface area (Å²) in [6.45, 7) is 1.53. The van der Waals surface area contributed by atoms with Crippen molar-refractivity contribution < 1.29 is 4.74 Å². The van der Waals surface area contributed by atoms with Crippen LogP contribution in [0.2, 0.25) is 0 Å². The first-order valence-electron chi connectivity index (χ1n) is 5.49. The Labute approximate surface area is 92.1 Å². The lowest BCUT2D eigenvalue weighted by Crippen LogP contribution is -2.20. The molecule has 0 radical (unpaired) electrons. The Morgan fingerprint density at radius 2 is 2.25 bits per heavy atom. The second-order valence-corrected chi connectivity index (χ2v) is 4.06. The molecule has 84 valence electrons. The molecule has 0 unspecified atom stereocenters. The molecule has 1 fully saturated rings. The van der Waals surface area contributed by atoms with Gasteiger partial charge in [0, 0.05) is 37.5 Å². The molecule has 0 saturated carbocycles. The molecule has 1 aliphatic rings. The van der Waals surface area contributed by atoms with Crippen LogP contribution in [-0.2, 0) is 4.74 Å². The number of aromatic nitrogens is 3. The number of hydrogen-bond donors (Lipinski definition) is 1. The van der Waals surface area contributed by atoms with Gasteiger partial charge >= 0.3 is 0 Å². The zero-order valence-electron chi connectivity index (χ0n) is 8.85.